The van der Waals surface area contributed by atoms with Crippen molar-refractivity contribution < 1.29 is 18.7 Å². The molecule has 4 heteroatoms. The first-order valence-electron chi connectivity index (χ1n) is 6.30. The van der Waals surface area contributed by atoms with Crippen molar-refractivity contribution in [3.8, 4) is 5.75 Å². The van der Waals surface area contributed by atoms with Crippen LogP contribution in [0, 0.1) is 0 Å². The van der Waals surface area contributed by atoms with E-state index in [-0.39, 0.29) is 18.6 Å². The number of methoxy groups -OCH3 is 1. The van der Waals surface area contributed by atoms with Crippen molar-refractivity contribution >= 4 is 11.5 Å². The van der Waals surface area contributed by atoms with Gasteiger partial charge in [-0.05, 0) is 24.6 Å². The van der Waals surface area contributed by atoms with Gasteiger partial charge < -0.3 is 9.47 Å². The van der Waals surface area contributed by atoms with Gasteiger partial charge >= 0.3 is 5.97 Å². The molecule has 0 radical (unpaired) electrons. The Kier molecular flexibility index (Phi) is 5.50. The van der Waals surface area contributed by atoms with E-state index in [1.807, 2.05) is 0 Å². The van der Waals surface area contributed by atoms with Crippen molar-refractivity contribution in [1.82, 2.24) is 0 Å². The molecule has 1 aromatic rings. The van der Waals surface area contributed by atoms with Crippen LogP contribution < -0.4 is 4.74 Å². The molecule has 0 amide bonds. The quantitative estimate of drug-likeness (QED) is 0.565. The summed E-state index contributed by atoms with van der Waals surface area (Å²) in [6.45, 7) is 8.93. The number of rotatable bonds is 7. The van der Waals surface area contributed by atoms with Gasteiger partial charge in [-0.15, -0.1) is 6.58 Å². The zero-order chi connectivity index (χ0) is 15.2. The smallest absolute Gasteiger partial charge is 0.348 e. The third-order valence-corrected chi connectivity index (χ3v) is 2.94. The van der Waals surface area contributed by atoms with E-state index in [1.165, 1.54) is 6.08 Å². The lowest BCUT2D eigenvalue weighted by Gasteiger charge is -2.24. The monoisotopic (exact) mass is 278 g/mol. The Hall–Kier alpha value is -2.10. The summed E-state index contributed by atoms with van der Waals surface area (Å²) in [5.74, 6) is -0.299. The number of carbonyl (C=O) groups is 1. The van der Waals surface area contributed by atoms with E-state index in [0.29, 0.717) is 11.3 Å². The van der Waals surface area contributed by atoms with Crippen molar-refractivity contribution in [2.45, 2.75) is 19.0 Å². The Bertz CT molecular complexity index is 493. The average Bonchev–Trinajstić information content (AvgIpc) is 2.47. The highest BCUT2D eigenvalue weighted by molar-refractivity contribution is 5.96. The van der Waals surface area contributed by atoms with Gasteiger partial charge in [0.05, 0.1) is 13.7 Å². The molecule has 0 aromatic heterocycles. The second-order valence-corrected chi connectivity index (χ2v) is 4.22. The minimum atomic E-state index is -2.30. The lowest BCUT2D eigenvalue weighted by molar-refractivity contribution is -0.153. The third-order valence-electron chi connectivity index (χ3n) is 2.94. The fourth-order valence-electron chi connectivity index (χ4n) is 1.80. The molecule has 1 rings (SSSR count). The zero-order valence-corrected chi connectivity index (χ0v) is 11.8. The van der Waals surface area contributed by atoms with Gasteiger partial charge in [-0.1, -0.05) is 24.8 Å². The molecule has 1 unspecified atom stereocenters. The van der Waals surface area contributed by atoms with E-state index < -0.39 is 11.6 Å². The van der Waals surface area contributed by atoms with Gasteiger partial charge in [0.15, 0.2) is 0 Å². The number of hydrogen-bond acceptors (Lipinski definition) is 3. The summed E-state index contributed by atoms with van der Waals surface area (Å²) < 4.78 is 24.8. The van der Waals surface area contributed by atoms with Crippen LogP contribution in [0.25, 0.3) is 5.57 Å². The Balaban J connectivity index is 3.09. The largest absolute Gasteiger partial charge is 0.497 e. The summed E-state index contributed by atoms with van der Waals surface area (Å²) in [5, 5.41) is 0. The molecule has 20 heavy (non-hydrogen) atoms. The van der Waals surface area contributed by atoms with E-state index in [9.17, 15) is 9.18 Å². The van der Waals surface area contributed by atoms with Crippen LogP contribution in [0.1, 0.15) is 18.9 Å². The molecule has 0 bridgehead atoms. The van der Waals surface area contributed by atoms with Crippen LogP contribution in [0.5, 0.6) is 5.75 Å². The summed E-state index contributed by atoms with van der Waals surface area (Å²) in [5.41, 5.74) is -1.73. The highest BCUT2D eigenvalue weighted by atomic mass is 19.1. The standard InChI is InChI=1S/C16H19FO3/c1-5-11-16(17,15(18)20-6-2)12(3)13-7-9-14(19-4)10-8-13/h5,7-10H,1,3,6,11H2,2,4H3. The van der Waals surface area contributed by atoms with Gasteiger partial charge in [-0.3, -0.25) is 0 Å². The van der Waals surface area contributed by atoms with Gasteiger partial charge in [0.25, 0.3) is 0 Å². The van der Waals surface area contributed by atoms with Crippen molar-refractivity contribution in [1.29, 1.82) is 0 Å². The molecule has 3 nitrogen and oxygen atoms in total. The van der Waals surface area contributed by atoms with Crippen molar-refractivity contribution in [2.24, 2.45) is 0 Å². The summed E-state index contributed by atoms with van der Waals surface area (Å²) in [4.78, 5) is 11.9. The Morgan fingerprint density at radius 1 is 1.40 bits per heavy atom. The maximum Gasteiger partial charge on any atom is 0.348 e. The molecular formula is C16H19FO3. The Morgan fingerprint density at radius 3 is 2.45 bits per heavy atom. The molecule has 0 aliphatic rings. The normalized spacial score (nSPS) is 13.2. The maximum atomic E-state index is 15.0. The lowest BCUT2D eigenvalue weighted by Crippen LogP contribution is -2.36. The number of ether oxygens (including phenoxy) is 2. The summed E-state index contributed by atoms with van der Waals surface area (Å²) >= 11 is 0. The van der Waals surface area contributed by atoms with Crippen LogP contribution in [0.15, 0.2) is 43.5 Å². The van der Waals surface area contributed by atoms with Crippen molar-refractivity contribution in [3.63, 3.8) is 0 Å². The highest BCUT2D eigenvalue weighted by Crippen LogP contribution is 2.35. The van der Waals surface area contributed by atoms with E-state index in [4.69, 9.17) is 9.47 Å². The first-order chi connectivity index (χ1) is 9.49. The number of esters is 1. The summed E-state index contributed by atoms with van der Waals surface area (Å²) in [6, 6.07) is 6.66. The Morgan fingerprint density at radius 2 is 2.00 bits per heavy atom. The first kappa shape index (κ1) is 16.0. The molecule has 0 aliphatic heterocycles. The lowest BCUT2D eigenvalue weighted by atomic mass is 9.88. The van der Waals surface area contributed by atoms with Gasteiger partial charge in [-0.25, -0.2) is 9.18 Å². The summed E-state index contributed by atoms with van der Waals surface area (Å²) in [6.07, 6.45) is 1.16. The highest BCUT2D eigenvalue weighted by Gasteiger charge is 2.42. The van der Waals surface area contributed by atoms with Crippen molar-refractivity contribution in [3.05, 3.63) is 49.1 Å². The SMILES string of the molecule is C=CCC(F)(C(=C)c1ccc(OC)cc1)C(=O)OCC. The molecule has 0 heterocycles. The molecule has 0 saturated heterocycles. The van der Waals surface area contributed by atoms with E-state index in [0.717, 1.165) is 0 Å². The van der Waals surface area contributed by atoms with Crippen LogP contribution >= 0.6 is 0 Å². The van der Waals surface area contributed by atoms with Crippen LogP contribution in [0.3, 0.4) is 0 Å². The van der Waals surface area contributed by atoms with Gasteiger partial charge in [0, 0.05) is 12.0 Å². The average molecular weight is 278 g/mol. The molecule has 0 aliphatic carbocycles. The van der Waals surface area contributed by atoms with E-state index >= 15 is 0 Å². The van der Waals surface area contributed by atoms with Gasteiger partial charge in [0.2, 0.25) is 5.67 Å². The number of hydrogen-bond donors (Lipinski definition) is 0. The molecule has 1 aromatic carbocycles. The molecule has 0 N–H and O–H groups in total. The van der Waals surface area contributed by atoms with E-state index in [2.05, 4.69) is 13.2 Å². The van der Waals surface area contributed by atoms with Crippen LogP contribution in [-0.4, -0.2) is 25.4 Å². The van der Waals surface area contributed by atoms with Crippen LogP contribution in [0.2, 0.25) is 0 Å². The number of alkyl halides is 1. The van der Waals surface area contributed by atoms with Crippen LogP contribution in [0.4, 0.5) is 4.39 Å². The fourth-order valence-corrected chi connectivity index (χ4v) is 1.80. The number of benzene rings is 1. The third kappa shape index (κ3) is 3.26. The molecule has 0 fully saturated rings. The zero-order valence-electron chi connectivity index (χ0n) is 11.8. The molecular weight excluding hydrogens is 259 g/mol. The molecule has 1 atom stereocenters. The maximum absolute atomic E-state index is 15.0. The molecule has 0 spiro atoms. The van der Waals surface area contributed by atoms with Gasteiger partial charge in [-0.2, -0.15) is 0 Å². The summed E-state index contributed by atoms with van der Waals surface area (Å²) in [7, 11) is 1.54. The second kappa shape index (κ2) is 6.89. The Labute approximate surface area is 118 Å². The topological polar surface area (TPSA) is 35.5 Å². The number of carbonyl (C=O) groups excluding carboxylic acids is 1. The van der Waals surface area contributed by atoms with E-state index in [1.54, 1.807) is 38.3 Å². The van der Waals surface area contributed by atoms with Gasteiger partial charge in [0.1, 0.15) is 5.75 Å². The number of halogens is 1. The first-order valence-corrected chi connectivity index (χ1v) is 6.30. The second-order valence-electron chi connectivity index (χ2n) is 4.22. The molecule has 0 saturated carbocycles. The van der Waals surface area contributed by atoms with Crippen LogP contribution in [-0.2, 0) is 9.53 Å². The predicted molar refractivity (Wildman–Crippen MR) is 77.3 cm³/mol. The van der Waals surface area contributed by atoms with Crippen molar-refractivity contribution in [2.75, 3.05) is 13.7 Å². The fraction of sp³-hybridized carbons (Fsp3) is 0.312. The molecule has 108 valence electrons. The predicted octanol–water partition coefficient (Wildman–Crippen LogP) is 3.56. The minimum Gasteiger partial charge on any atom is -0.497 e. The number of allylic oxidation sites excluding steroid dienone is 1. The minimum absolute atomic E-state index is 0.0542.